The van der Waals surface area contributed by atoms with Crippen molar-refractivity contribution in [2.75, 3.05) is 5.32 Å². The predicted octanol–water partition coefficient (Wildman–Crippen LogP) is 0.972. The Kier molecular flexibility index (Phi) is 7.55. The quantitative estimate of drug-likeness (QED) is 0.454. The average Bonchev–Trinajstić information content (AvgIpc) is 3.24. The van der Waals surface area contributed by atoms with Crippen LogP contribution in [0.1, 0.15) is 19.3 Å². The Balaban J connectivity index is 0.00000208. The lowest BCUT2D eigenvalue weighted by atomic mass is 10.2. The van der Waals surface area contributed by atoms with E-state index in [1.807, 2.05) is 53.5 Å². The first kappa shape index (κ1) is 18.8. The standard InChI is InChI=1S/C17H17N3OS2.BrH/c21-16(8-2-5-11-20-9-3-1-4-10-20)19-17-18-14(13-23-17)15-7-6-12-22-15;/h1,3-4,6-7,9-10,12-13H,2,5,8,11H2;1H. The van der Waals surface area contributed by atoms with Crippen molar-refractivity contribution in [2.45, 2.75) is 25.8 Å². The van der Waals surface area contributed by atoms with Crippen molar-refractivity contribution in [3.8, 4) is 10.6 Å². The first-order chi connectivity index (χ1) is 11.3. The Labute approximate surface area is 160 Å². The zero-order valence-corrected chi connectivity index (χ0v) is 16.2. The Morgan fingerprint density at radius 3 is 2.71 bits per heavy atom. The number of amides is 1. The van der Waals surface area contributed by atoms with E-state index in [9.17, 15) is 4.79 Å². The van der Waals surface area contributed by atoms with Gasteiger partial charge in [0.15, 0.2) is 17.5 Å². The van der Waals surface area contributed by atoms with Crippen LogP contribution in [0.2, 0.25) is 0 Å². The third kappa shape index (κ3) is 5.51. The smallest absolute Gasteiger partial charge is 0.226 e. The van der Waals surface area contributed by atoms with Crippen LogP contribution in [0.5, 0.6) is 0 Å². The zero-order chi connectivity index (χ0) is 15.9. The Hall–Kier alpha value is -1.57. The number of carbonyl (C=O) groups is 1. The van der Waals surface area contributed by atoms with Crippen LogP contribution in [0.4, 0.5) is 5.13 Å². The molecule has 4 nitrogen and oxygen atoms in total. The molecule has 0 aliphatic rings. The summed E-state index contributed by atoms with van der Waals surface area (Å²) in [5, 5.41) is 7.57. The normalized spacial score (nSPS) is 10.2. The minimum atomic E-state index is 0. The van der Waals surface area contributed by atoms with Gasteiger partial charge in [0.25, 0.3) is 0 Å². The Bertz CT molecular complexity index is 744. The first-order valence-electron chi connectivity index (χ1n) is 7.54. The molecule has 0 bridgehead atoms. The Morgan fingerprint density at radius 2 is 1.96 bits per heavy atom. The molecule has 0 aliphatic heterocycles. The molecule has 0 spiro atoms. The number of nitrogens with one attached hydrogen (secondary N) is 1. The van der Waals surface area contributed by atoms with Gasteiger partial charge in [0.1, 0.15) is 6.54 Å². The van der Waals surface area contributed by atoms with Gasteiger partial charge >= 0.3 is 0 Å². The highest BCUT2D eigenvalue weighted by molar-refractivity contribution is 7.16. The number of hydrogen-bond donors (Lipinski definition) is 1. The summed E-state index contributed by atoms with van der Waals surface area (Å²) in [7, 11) is 0. The fraction of sp³-hybridized carbons (Fsp3) is 0.235. The molecule has 0 saturated carbocycles. The van der Waals surface area contributed by atoms with Gasteiger partial charge in [-0.3, -0.25) is 4.79 Å². The van der Waals surface area contributed by atoms with Crippen molar-refractivity contribution < 1.29 is 26.3 Å². The summed E-state index contributed by atoms with van der Waals surface area (Å²) in [6.45, 7) is 0.938. The van der Waals surface area contributed by atoms with Gasteiger partial charge in [0.2, 0.25) is 5.91 Å². The van der Waals surface area contributed by atoms with Gasteiger partial charge < -0.3 is 22.3 Å². The number of aryl methyl sites for hydroxylation is 1. The number of unbranched alkanes of at least 4 members (excludes halogenated alkanes) is 1. The second-order valence-corrected chi connectivity index (χ2v) is 6.94. The number of rotatable bonds is 7. The number of thiophene rings is 1. The third-order valence-corrected chi connectivity index (χ3v) is 5.02. The highest BCUT2D eigenvalue weighted by Gasteiger charge is 2.09. The molecule has 0 aromatic carbocycles. The van der Waals surface area contributed by atoms with Gasteiger partial charge in [0, 0.05) is 30.4 Å². The molecule has 0 fully saturated rings. The van der Waals surface area contributed by atoms with E-state index in [4.69, 9.17) is 0 Å². The van der Waals surface area contributed by atoms with Gasteiger partial charge in [-0.15, -0.1) is 22.7 Å². The molecule has 3 aromatic rings. The van der Waals surface area contributed by atoms with E-state index in [2.05, 4.69) is 14.9 Å². The van der Waals surface area contributed by atoms with Crippen molar-refractivity contribution in [3.05, 3.63) is 53.5 Å². The van der Waals surface area contributed by atoms with Gasteiger partial charge in [-0.05, 0) is 17.9 Å². The van der Waals surface area contributed by atoms with Crippen molar-refractivity contribution in [2.24, 2.45) is 0 Å². The van der Waals surface area contributed by atoms with Gasteiger partial charge in [-0.1, -0.05) is 12.1 Å². The number of halogens is 1. The van der Waals surface area contributed by atoms with E-state index in [0.717, 1.165) is 30.0 Å². The van der Waals surface area contributed by atoms with Gasteiger partial charge in [0.05, 0.1) is 10.6 Å². The summed E-state index contributed by atoms with van der Waals surface area (Å²) in [4.78, 5) is 17.6. The maximum Gasteiger partial charge on any atom is 0.226 e. The minimum absolute atomic E-state index is 0. The highest BCUT2D eigenvalue weighted by atomic mass is 79.9. The number of thiazole rings is 1. The molecule has 3 rings (SSSR count). The van der Waals surface area contributed by atoms with Crippen LogP contribution in [0.25, 0.3) is 10.6 Å². The summed E-state index contributed by atoms with van der Waals surface area (Å²) >= 11 is 3.12. The SMILES string of the molecule is O=C(CCCC[n+]1ccccc1)Nc1nc(-c2cccs2)cs1.[Br-]. The van der Waals surface area contributed by atoms with E-state index in [0.29, 0.717) is 11.6 Å². The second kappa shape index (κ2) is 9.66. The van der Waals surface area contributed by atoms with Gasteiger partial charge in [-0.2, -0.15) is 0 Å². The highest BCUT2D eigenvalue weighted by Crippen LogP contribution is 2.28. The lowest BCUT2D eigenvalue weighted by Crippen LogP contribution is -3.00. The van der Waals surface area contributed by atoms with Crippen LogP contribution >= 0.6 is 22.7 Å². The fourth-order valence-electron chi connectivity index (χ4n) is 2.21. The summed E-state index contributed by atoms with van der Waals surface area (Å²) in [6.07, 6.45) is 6.47. The van der Waals surface area contributed by atoms with Crippen LogP contribution in [-0.4, -0.2) is 10.9 Å². The van der Waals surface area contributed by atoms with Crippen molar-refractivity contribution in [3.63, 3.8) is 0 Å². The molecular formula is C17H18BrN3OS2. The first-order valence-corrected chi connectivity index (χ1v) is 9.30. The largest absolute Gasteiger partial charge is 1.00 e. The molecule has 1 N–H and O–H groups in total. The Morgan fingerprint density at radius 1 is 1.12 bits per heavy atom. The summed E-state index contributed by atoms with van der Waals surface area (Å²) in [5.74, 6) is 0.0372. The molecule has 0 atom stereocenters. The van der Waals surface area contributed by atoms with E-state index < -0.39 is 0 Å². The van der Waals surface area contributed by atoms with E-state index in [1.54, 1.807) is 11.3 Å². The second-order valence-electron chi connectivity index (χ2n) is 5.13. The van der Waals surface area contributed by atoms with Crippen molar-refractivity contribution in [1.29, 1.82) is 0 Å². The van der Waals surface area contributed by atoms with Crippen LogP contribution < -0.4 is 26.9 Å². The summed E-state index contributed by atoms with van der Waals surface area (Å²) in [6, 6.07) is 10.1. The minimum Gasteiger partial charge on any atom is -1.00 e. The van der Waals surface area contributed by atoms with Crippen molar-refractivity contribution in [1.82, 2.24) is 4.98 Å². The van der Waals surface area contributed by atoms with Crippen LogP contribution in [0.3, 0.4) is 0 Å². The maximum absolute atomic E-state index is 12.0. The lowest BCUT2D eigenvalue weighted by molar-refractivity contribution is -0.697. The van der Waals surface area contributed by atoms with Crippen molar-refractivity contribution >= 4 is 33.7 Å². The molecule has 0 radical (unpaired) electrons. The molecule has 0 saturated heterocycles. The van der Waals surface area contributed by atoms with E-state index in [1.165, 1.54) is 11.3 Å². The summed E-state index contributed by atoms with van der Waals surface area (Å²) < 4.78 is 2.13. The maximum atomic E-state index is 12.0. The van der Waals surface area contributed by atoms with Gasteiger partial charge in [-0.25, -0.2) is 9.55 Å². The molecular weight excluding hydrogens is 406 g/mol. The van der Waals surface area contributed by atoms with E-state index >= 15 is 0 Å². The number of aromatic nitrogens is 2. The third-order valence-electron chi connectivity index (χ3n) is 3.37. The lowest BCUT2D eigenvalue weighted by Gasteiger charge is -2.01. The molecule has 3 heterocycles. The molecule has 24 heavy (non-hydrogen) atoms. The number of anilines is 1. The average molecular weight is 424 g/mol. The fourth-order valence-corrected chi connectivity index (χ4v) is 3.70. The number of carbonyl (C=O) groups excluding carboxylic acids is 1. The number of hydrogen-bond acceptors (Lipinski definition) is 4. The molecule has 0 unspecified atom stereocenters. The topological polar surface area (TPSA) is 45.9 Å². The van der Waals surface area contributed by atoms with Crippen LogP contribution in [0, 0.1) is 0 Å². The monoisotopic (exact) mass is 423 g/mol. The molecule has 3 aromatic heterocycles. The van der Waals surface area contributed by atoms with Crippen LogP contribution in [0.15, 0.2) is 53.5 Å². The number of pyridine rings is 1. The molecule has 0 aliphatic carbocycles. The summed E-state index contributed by atoms with van der Waals surface area (Å²) in [5.41, 5.74) is 0.931. The van der Waals surface area contributed by atoms with E-state index in [-0.39, 0.29) is 22.9 Å². The molecule has 1 amide bonds. The zero-order valence-electron chi connectivity index (χ0n) is 13.0. The molecule has 126 valence electrons. The predicted molar refractivity (Wildman–Crippen MR) is 94.5 cm³/mol. The van der Waals surface area contributed by atoms with Crippen LogP contribution in [-0.2, 0) is 11.3 Å². The number of nitrogens with zero attached hydrogens (tertiary/aromatic N) is 2. The molecule has 7 heteroatoms.